The predicted octanol–water partition coefficient (Wildman–Crippen LogP) is 6.44. The molecule has 0 amide bonds. The summed E-state index contributed by atoms with van der Waals surface area (Å²) >= 11 is 3.11. The van der Waals surface area contributed by atoms with Gasteiger partial charge in [-0.05, 0) is 40.6 Å². The first kappa shape index (κ1) is 18.1. The first-order valence-corrected chi connectivity index (χ1v) is 10.9. The molecule has 0 bridgehead atoms. The van der Waals surface area contributed by atoms with Crippen molar-refractivity contribution in [3.8, 4) is 21.6 Å². The number of thiazole rings is 2. The van der Waals surface area contributed by atoms with Gasteiger partial charge in [0.25, 0.3) is 0 Å². The lowest BCUT2D eigenvalue weighted by molar-refractivity contribution is 0.415. The van der Waals surface area contributed by atoms with Gasteiger partial charge in [-0.25, -0.2) is 4.98 Å². The Morgan fingerprint density at radius 1 is 0.897 bits per heavy atom. The van der Waals surface area contributed by atoms with Gasteiger partial charge in [0.2, 0.25) is 5.88 Å². The van der Waals surface area contributed by atoms with Crippen molar-refractivity contribution >= 4 is 43.7 Å². The zero-order chi connectivity index (χ0) is 20.0. The Bertz CT molecular complexity index is 1310. The topological polar surface area (TPSA) is 55.2 Å². The van der Waals surface area contributed by atoms with Gasteiger partial charge in [-0.15, -0.1) is 22.7 Å². The molecule has 0 spiro atoms. The molecule has 1 unspecified atom stereocenters. The van der Waals surface area contributed by atoms with Crippen molar-refractivity contribution in [2.75, 3.05) is 7.11 Å². The van der Waals surface area contributed by atoms with E-state index in [0.29, 0.717) is 0 Å². The van der Waals surface area contributed by atoms with E-state index in [-0.39, 0.29) is 11.8 Å². The minimum Gasteiger partial charge on any atom is -0.497 e. The van der Waals surface area contributed by atoms with Gasteiger partial charge in [0.1, 0.15) is 5.75 Å². The Balaban J connectivity index is 1.51. The Kier molecular flexibility index (Phi) is 4.45. The van der Waals surface area contributed by atoms with Crippen molar-refractivity contribution in [2.24, 2.45) is 0 Å². The molecule has 144 valence electrons. The number of benzene rings is 3. The molecule has 3 aromatic carbocycles. The van der Waals surface area contributed by atoms with Gasteiger partial charge in [0.15, 0.2) is 10.0 Å². The van der Waals surface area contributed by atoms with E-state index in [9.17, 15) is 5.11 Å². The van der Waals surface area contributed by atoms with Crippen LogP contribution in [0.3, 0.4) is 0 Å². The first-order valence-electron chi connectivity index (χ1n) is 9.26. The number of methoxy groups -OCH3 is 1. The summed E-state index contributed by atoms with van der Waals surface area (Å²) in [5.74, 6) is 0.965. The van der Waals surface area contributed by atoms with Gasteiger partial charge >= 0.3 is 0 Å². The van der Waals surface area contributed by atoms with Gasteiger partial charge in [-0.3, -0.25) is 0 Å². The third kappa shape index (κ3) is 3.24. The Hall–Kier alpha value is -2.96. The SMILES string of the molecule is COc1ccc2cc(C(C)c3sc(-c4nc5ccccc5s4)nc3O)ccc2c1. The normalized spacial score (nSPS) is 12.5. The Morgan fingerprint density at radius 3 is 2.48 bits per heavy atom. The van der Waals surface area contributed by atoms with Crippen LogP contribution in [0.4, 0.5) is 0 Å². The summed E-state index contributed by atoms with van der Waals surface area (Å²) in [7, 11) is 1.67. The summed E-state index contributed by atoms with van der Waals surface area (Å²) in [5.41, 5.74) is 2.10. The third-order valence-corrected chi connectivity index (χ3v) is 7.48. The van der Waals surface area contributed by atoms with Crippen molar-refractivity contribution in [1.82, 2.24) is 9.97 Å². The van der Waals surface area contributed by atoms with E-state index in [2.05, 4.69) is 47.2 Å². The highest BCUT2D eigenvalue weighted by Gasteiger charge is 2.21. The van der Waals surface area contributed by atoms with Crippen molar-refractivity contribution in [2.45, 2.75) is 12.8 Å². The van der Waals surface area contributed by atoms with Crippen LogP contribution in [-0.4, -0.2) is 22.2 Å². The van der Waals surface area contributed by atoms with E-state index < -0.39 is 0 Å². The smallest absolute Gasteiger partial charge is 0.226 e. The summed E-state index contributed by atoms with van der Waals surface area (Å²) < 4.78 is 6.43. The molecule has 0 saturated carbocycles. The molecular weight excluding hydrogens is 400 g/mol. The zero-order valence-corrected chi connectivity index (χ0v) is 17.6. The van der Waals surface area contributed by atoms with Gasteiger partial charge < -0.3 is 9.84 Å². The number of aromatic nitrogens is 2. The van der Waals surface area contributed by atoms with Crippen molar-refractivity contribution in [3.05, 3.63) is 71.1 Å². The van der Waals surface area contributed by atoms with Crippen LogP contribution in [0.5, 0.6) is 11.6 Å². The van der Waals surface area contributed by atoms with E-state index in [1.54, 1.807) is 18.4 Å². The highest BCUT2D eigenvalue weighted by atomic mass is 32.1. The highest BCUT2D eigenvalue weighted by Crippen LogP contribution is 2.41. The first-order chi connectivity index (χ1) is 14.1. The number of aromatic hydroxyl groups is 1. The summed E-state index contributed by atoms with van der Waals surface area (Å²) in [6.07, 6.45) is 0. The van der Waals surface area contributed by atoms with Crippen molar-refractivity contribution in [3.63, 3.8) is 0 Å². The van der Waals surface area contributed by atoms with E-state index >= 15 is 0 Å². The van der Waals surface area contributed by atoms with E-state index in [0.717, 1.165) is 47.2 Å². The van der Waals surface area contributed by atoms with Gasteiger partial charge in [0, 0.05) is 5.92 Å². The Morgan fingerprint density at radius 2 is 1.66 bits per heavy atom. The molecule has 2 aromatic heterocycles. The lowest BCUT2D eigenvalue weighted by Gasteiger charge is -2.11. The quantitative estimate of drug-likeness (QED) is 0.365. The molecule has 0 aliphatic rings. The number of hydrogen-bond acceptors (Lipinski definition) is 6. The summed E-state index contributed by atoms with van der Waals surface area (Å²) in [6.45, 7) is 2.10. The minimum absolute atomic E-state index is 0.0298. The van der Waals surface area contributed by atoms with Crippen molar-refractivity contribution in [1.29, 1.82) is 0 Å². The average Bonchev–Trinajstić information content (AvgIpc) is 3.35. The molecular formula is C23H18N2O2S2. The fourth-order valence-electron chi connectivity index (χ4n) is 3.45. The fraction of sp³-hybridized carbons (Fsp3) is 0.130. The number of para-hydroxylation sites is 1. The average molecular weight is 419 g/mol. The van der Waals surface area contributed by atoms with Crippen LogP contribution in [0.2, 0.25) is 0 Å². The maximum atomic E-state index is 10.5. The van der Waals surface area contributed by atoms with E-state index in [1.807, 2.05) is 30.3 Å². The van der Waals surface area contributed by atoms with Crippen molar-refractivity contribution < 1.29 is 9.84 Å². The molecule has 5 aromatic rings. The lowest BCUT2D eigenvalue weighted by atomic mass is 9.96. The van der Waals surface area contributed by atoms with Crippen LogP contribution < -0.4 is 4.74 Å². The molecule has 0 aliphatic carbocycles. The number of ether oxygens (including phenoxy) is 1. The Labute approximate surface area is 176 Å². The van der Waals surface area contributed by atoms with Gasteiger partial charge in [-0.1, -0.05) is 43.3 Å². The molecule has 1 N–H and O–H groups in total. The van der Waals surface area contributed by atoms with Crippen LogP contribution >= 0.6 is 22.7 Å². The van der Waals surface area contributed by atoms with E-state index in [1.165, 1.54) is 11.3 Å². The maximum absolute atomic E-state index is 10.5. The summed E-state index contributed by atoms with van der Waals surface area (Å²) in [6, 6.07) is 20.4. The molecule has 29 heavy (non-hydrogen) atoms. The molecule has 1 atom stereocenters. The molecule has 0 radical (unpaired) electrons. The lowest BCUT2D eigenvalue weighted by Crippen LogP contribution is -1.94. The van der Waals surface area contributed by atoms with E-state index in [4.69, 9.17) is 4.74 Å². The van der Waals surface area contributed by atoms with Gasteiger partial charge in [-0.2, -0.15) is 4.98 Å². The highest BCUT2D eigenvalue weighted by molar-refractivity contribution is 7.25. The second kappa shape index (κ2) is 7.13. The maximum Gasteiger partial charge on any atom is 0.226 e. The van der Waals surface area contributed by atoms with Crippen LogP contribution in [0, 0.1) is 0 Å². The van der Waals surface area contributed by atoms with Crippen LogP contribution in [0.25, 0.3) is 31.0 Å². The third-order valence-electron chi connectivity index (χ3n) is 5.08. The largest absolute Gasteiger partial charge is 0.497 e. The summed E-state index contributed by atoms with van der Waals surface area (Å²) in [4.78, 5) is 9.94. The molecule has 0 fully saturated rings. The fourth-order valence-corrected chi connectivity index (χ4v) is 5.47. The molecule has 5 rings (SSSR count). The zero-order valence-electron chi connectivity index (χ0n) is 15.9. The summed E-state index contributed by atoms with van der Waals surface area (Å²) in [5, 5.41) is 14.4. The number of fused-ring (bicyclic) bond motifs is 2. The monoisotopic (exact) mass is 418 g/mol. The van der Waals surface area contributed by atoms with Crippen LogP contribution in [0.15, 0.2) is 60.7 Å². The molecule has 4 nitrogen and oxygen atoms in total. The second-order valence-electron chi connectivity index (χ2n) is 6.89. The predicted molar refractivity (Wildman–Crippen MR) is 120 cm³/mol. The second-order valence-corrected chi connectivity index (χ2v) is 8.95. The number of rotatable bonds is 4. The van der Waals surface area contributed by atoms with Crippen LogP contribution in [-0.2, 0) is 0 Å². The molecule has 2 heterocycles. The minimum atomic E-state index is 0.0298. The number of nitrogens with zero attached hydrogens (tertiary/aromatic N) is 2. The number of hydrogen-bond donors (Lipinski definition) is 1. The van der Waals surface area contributed by atoms with Gasteiger partial charge in [0.05, 0.1) is 22.2 Å². The molecule has 0 saturated heterocycles. The van der Waals surface area contributed by atoms with Crippen LogP contribution in [0.1, 0.15) is 23.3 Å². The molecule has 6 heteroatoms. The molecule has 0 aliphatic heterocycles. The standard InChI is InChI=1S/C23H18N2O2S2/c1-13(14-7-8-16-12-17(27-2)10-9-15(16)11-14)20-21(26)25-23(29-20)22-24-18-5-3-4-6-19(18)28-22/h3-13,26H,1-2H3.